The van der Waals surface area contributed by atoms with Crippen LogP contribution in [0, 0.1) is 5.41 Å². The molecule has 2 rings (SSSR count). The number of rotatable bonds is 3. The van der Waals surface area contributed by atoms with Gasteiger partial charge in [-0.1, -0.05) is 26.7 Å². The molecule has 1 saturated carbocycles. The van der Waals surface area contributed by atoms with Crippen LogP contribution in [0.25, 0.3) is 0 Å². The molecule has 0 radical (unpaired) electrons. The Balaban J connectivity index is 2.42. The zero-order valence-corrected chi connectivity index (χ0v) is 14.5. The van der Waals surface area contributed by atoms with Gasteiger partial charge in [0.15, 0.2) is 9.84 Å². The second-order valence-electron chi connectivity index (χ2n) is 6.88. The van der Waals surface area contributed by atoms with Crippen LogP contribution in [-0.4, -0.2) is 55.1 Å². The lowest BCUT2D eigenvalue weighted by molar-refractivity contribution is -0.0466. The predicted molar refractivity (Wildman–Crippen MR) is 86.7 cm³/mol. The number of hydrogen-bond acceptors (Lipinski definition) is 5. The Morgan fingerprint density at radius 1 is 1.30 bits per heavy atom. The quantitative estimate of drug-likeness (QED) is 0.857. The Kier molecular flexibility index (Phi) is 4.80. The molecule has 0 amide bonds. The van der Waals surface area contributed by atoms with Crippen LogP contribution in [0.2, 0.25) is 0 Å². The van der Waals surface area contributed by atoms with E-state index in [-0.39, 0.29) is 16.3 Å². The van der Waals surface area contributed by atoms with Crippen molar-refractivity contribution in [2.75, 3.05) is 30.9 Å². The summed E-state index contributed by atoms with van der Waals surface area (Å²) in [7, 11) is -3.07. The monoisotopic (exact) mass is 320 g/mol. The van der Waals surface area contributed by atoms with Gasteiger partial charge in [0.05, 0.1) is 0 Å². The molecule has 0 spiro atoms. The third-order valence-electron chi connectivity index (χ3n) is 5.37. The minimum atomic E-state index is -3.07. The number of nitrogens with zero attached hydrogens (tertiary/aromatic N) is 1. The first-order valence-corrected chi connectivity index (χ1v) is 10.6. The average Bonchev–Trinajstić information content (AvgIpc) is 2.38. The molecule has 20 heavy (non-hydrogen) atoms. The third kappa shape index (κ3) is 2.76. The summed E-state index contributed by atoms with van der Waals surface area (Å²) < 4.78 is 24.4. The molecule has 2 unspecified atom stereocenters. The summed E-state index contributed by atoms with van der Waals surface area (Å²) in [6, 6.07) is 0. The highest BCUT2D eigenvalue weighted by atomic mass is 32.2. The molecule has 0 aromatic heterocycles. The molecule has 118 valence electrons. The van der Waals surface area contributed by atoms with E-state index in [1.807, 2.05) is 0 Å². The Bertz CT molecular complexity index is 450. The first kappa shape index (κ1) is 16.6. The van der Waals surface area contributed by atoms with Crippen molar-refractivity contribution in [2.45, 2.75) is 50.4 Å². The zero-order chi connectivity index (χ0) is 15.0. The van der Waals surface area contributed by atoms with E-state index in [1.165, 1.54) is 12.7 Å². The summed E-state index contributed by atoms with van der Waals surface area (Å²) in [6.07, 6.45) is 5.90. The van der Waals surface area contributed by atoms with Gasteiger partial charge in [-0.3, -0.25) is 4.90 Å². The summed E-state index contributed by atoms with van der Waals surface area (Å²) in [5.41, 5.74) is 6.11. The molecular weight excluding hydrogens is 292 g/mol. The van der Waals surface area contributed by atoms with Crippen molar-refractivity contribution in [1.82, 2.24) is 4.90 Å². The van der Waals surface area contributed by atoms with Crippen LogP contribution < -0.4 is 5.73 Å². The lowest BCUT2D eigenvalue weighted by Crippen LogP contribution is -2.69. The third-order valence-corrected chi connectivity index (χ3v) is 8.01. The molecule has 1 saturated heterocycles. The maximum Gasteiger partial charge on any atom is 0.164 e. The summed E-state index contributed by atoms with van der Waals surface area (Å²) in [5.74, 6) is 1.68. The van der Waals surface area contributed by atoms with Crippen LogP contribution in [0.1, 0.15) is 39.5 Å². The first-order chi connectivity index (χ1) is 9.24. The van der Waals surface area contributed by atoms with Crippen molar-refractivity contribution in [3.8, 4) is 0 Å². The Morgan fingerprint density at radius 3 is 2.50 bits per heavy atom. The molecule has 2 N–H and O–H groups in total. The van der Waals surface area contributed by atoms with Crippen molar-refractivity contribution < 1.29 is 8.42 Å². The maximum atomic E-state index is 12.2. The highest BCUT2D eigenvalue weighted by molar-refractivity contribution is 8.00. The van der Waals surface area contributed by atoms with Gasteiger partial charge in [0.1, 0.15) is 5.37 Å². The van der Waals surface area contributed by atoms with Crippen LogP contribution in [0.4, 0.5) is 0 Å². The van der Waals surface area contributed by atoms with Gasteiger partial charge in [0, 0.05) is 36.4 Å². The fraction of sp³-hybridized carbons (Fsp3) is 1.00. The van der Waals surface area contributed by atoms with E-state index in [0.717, 1.165) is 31.6 Å². The Hall–Kier alpha value is 0.220. The molecule has 2 fully saturated rings. The number of sulfone groups is 1. The summed E-state index contributed by atoms with van der Waals surface area (Å²) in [6.45, 7) is 5.92. The van der Waals surface area contributed by atoms with Gasteiger partial charge in [-0.05, 0) is 18.3 Å². The summed E-state index contributed by atoms with van der Waals surface area (Å²) in [5, 5.41) is -0.373. The standard InChI is InChI=1S/C14H28N2O2S2/c1-13(2)6-4-5-7-14(13,11-15)16-8-9-19-10-12(16)20(3,17)18/h12H,4-11,15H2,1-3H3. The van der Waals surface area contributed by atoms with E-state index in [2.05, 4.69) is 18.7 Å². The molecular formula is C14H28N2O2S2. The van der Waals surface area contributed by atoms with Crippen LogP contribution in [0.15, 0.2) is 0 Å². The molecule has 1 aliphatic heterocycles. The molecule has 0 bridgehead atoms. The van der Waals surface area contributed by atoms with Gasteiger partial charge < -0.3 is 5.73 Å². The first-order valence-electron chi connectivity index (χ1n) is 7.48. The number of nitrogens with two attached hydrogens (primary N) is 1. The van der Waals surface area contributed by atoms with E-state index in [0.29, 0.717) is 12.3 Å². The summed E-state index contributed by atoms with van der Waals surface area (Å²) in [4.78, 5) is 2.25. The molecule has 0 aromatic carbocycles. The van der Waals surface area contributed by atoms with E-state index in [9.17, 15) is 8.42 Å². The minimum absolute atomic E-state index is 0.0744. The molecule has 6 heteroatoms. The van der Waals surface area contributed by atoms with E-state index in [1.54, 1.807) is 11.8 Å². The fourth-order valence-electron chi connectivity index (χ4n) is 4.01. The van der Waals surface area contributed by atoms with Crippen LogP contribution in [0.5, 0.6) is 0 Å². The van der Waals surface area contributed by atoms with Crippen molar-refractivity contribution >= 4 is 21.6 Å². The number of thioether (sulfide) groups is 1. The van der Waals surface area contributed by atoms with E-state index in [4.69, 9.17) is 5.73 Å². The smallest absolute Gasteiger partial charge is 0.164 e. The van der Waals surface area contributed by atoms with Crippen LogP contribution in [-0.2, 0) is 9.84 Å². The van der Waals surface area contributed by atoms with E-state index < -0.39 is 9.84 Å². The molecule has 4 nitrogen and oxygen atoms in total. The van der Waals surface area contributed by atoms with Crippen molar-refractivity contribution in [3.63, 3.8) is 0 Å². The highest BCUT2D eigenvalue weighted by Crippen LogP contribution is 2.49. The van der Waals surface area contributed by atoms with Gasteiger partial charge in [-0.2, -0.15) is 11.8 Å². The molecule has 2 atom stereocenters. The Morgan fingerprint density at radius 2 is 1.95 bits per heavy atom. The number of hydrogen-bond donors (Lipinski definition) is 1. The lowest BCUT2D eigenvalue weighted by Gasteiger charge is -2.58. The van der Waals surface area contributed by atoms with Crippen LogP contribution >= 0.6 is 11.8 Å². The fourth-order valence-corrected chi connectivity index (χ4v) is 6.93. The summed E-state index contributed by atoms with van der Waals surface area (Å²) >= 11 is 1.75. The van der Waals surface area contributed by atoms with Gasteiger partial charge in [-0.25, -0.2) is 8.42 Å². The van der Waals surface area contributed by atoms with Crippen molar-refractivity contribution in [3.05, 3.63) is 0 Å². The Labute approximate surface area is 127 Å². The molecule has 1 heterocycles. The van der Waals surface area contributed by atoms with Gasteiger partial charge in [0.25, 0.3) is 0 Å². The topological polar surface area (TPSA) is 63.4 Å². The maximum absolute atomic E-state index is 12.2. The average molecular weight is 321 g/mol. The minimum Gasteiger partial charge on any atom is -0.329 e. The van der Waals surface area contributed by atoms with Gasteiger partial charge in [0.2, 0.25) is 0 Å². The van der Waals surface area contributed by atoms with Crippen LogP contribution in [0.3, 0.4) is 0 Å². The normalized spacial score (nSPS) is 35.9. The zero-order valence-electron chi connectivity index (χ0n) is 12.9. The van der Waals surface area contributed by atoms with Gasteiger partial charge in [-0.15, -0.1) is 0 Å². The van der Waals surface area contributed by atoms with Crippen molar-refractivity contribution in [1.29, 1.82) is 0 Å². The highest BCUT2D eigenvalue weighted by Gasteiger charge is 2.53. The second kappa shape index (κ2) is 5.78. The molecule has 0 aromatic rings. The molecule has 1 aliphatic carbocycles. The largest absolute Gasteiger partial charge is 0.329 e. The van der Waals surface area contributed by atoms with Gasteiger partial charge >= 0.3 is 0 Å². The predicted octanol–water partition coefficient (Wildman–Crippen LogP) is 1.70. The second-order valence-corrected chi connectivity index (χ2v) is 10.2. The van der Waals surface area contributed by atoms with E-state index >= 15 is 0 Å². The molecule has 2 aliphatic rings. The van der Waals surface area contributed by atoms with Crippen molar-refractivity contribution in [2.24, 2.45) is 11.1 Å². The SMILES string of the molecule is CC1(C)CCCCC1(CN)N1CCSCC1S(C)(=O)=O. The lowest BCUT2D eigenvalue weighted by atomic mass is 9.62.